The number of thiocarbonyl (C=S) groups is 1. The molecule has 2 N–H and O–H groups in total. The highest BCUT2D eigenvalue weighted by Crippen LogP contribution is 2.34. The van der Waals surface area contributed by atoms with Gasteiger partial charge in [-0.1, -0.05) is 49.8 Å². The lowest BCUT2D eigenvalue weighted by molar-refractivity contribution is -0.142. The Balaban J connectivity index is 2.01. The van der Waals surface area contributed by atoms with E-state index in [2.05, 4.69) is 5.32 Å². The maximum atomic E-state index is 12.7. The third-order valence-electron chi connectivity index (χ3n) is 4.62. The first kappa shape index (κ1) is 24.7. The van der Waals surface area contributed by atoms with Gasteiger partial charge in [-0.25, -0.2) is 4.79 Å². The van der Waals surface area contributed by atoms with Gasteiger partial charge in [0.15, 0.2) is 11.5 Å². The quantitative estimate of drug-likeness (QED) is 0.379. The van der Waals surface area contributed by atoms with Crippen LogP contribution in [0.5, 0.6) is 11.5 Å². The van der Waals surface area contributed by atoms with Crippen LogP contribution in [-0.4, -0.2) is 58.9 Å². The lowest BCUT2D eigenvalue weighted by atomic mass is 10.1. The molecule has 0 unspecified atom stereocenters. The molecule has 1 aromatic rings. The molecular formula is C21H26N2O6S2. The molecule has 168 valence electrons. The number of nitrogens with one attached hydrogen (secondary N) is 1. The summed E-state index contributed by atoms with van der Waals surface area (Å²) in [4.78, 5) is 38.0. The van der Waals surface area contributed by atoms with Crippen molar-refractivity contribution in [2.75, 3.05) is 20.8 Å². The largest absolute Gasteiger partial charge is 0.493 e. The highest BCUT2D eigenvalue weighted by molar-refractivity contribution is 8.26. The van der Waals surface area contributed by atoms with Crippen LogP contribution in [0.4, 0.5) is 0 Å². The molecule has 0 spiro atoms. The standard InChI is InChI=1S/C21H26N2O6S2/c1-4-5-6-14(20(26)27)22-18(24)9-10-23-19(25)17(31-21(23)30)12-13-7-8-15(28-2)16(11-13)29-3/h7-8,11-12,14H,4-6,9-10H2,1-3H3,(H,22,24)(H,26,27)/b17-12+/t14-/m0/s1. The molecule has 0 radical (unpaired) electrons. The van der Waals surface area contributed by atoms with E-state index in [0.717, 1.165) is 23.7 Å². The maximum absolute atomic E-state index is 12.7. The van der Waals surface area contributed by atoms with Crippen molar-refractivity contribution in [3.05, 3.63) is 28.7 Å². The Morgan fingerprint density at radius 3 is 2.61 bits per heavy atom. The number of nitrogens with zero attached hydrogens (tertiary/aromatic N) is 1. The van der Waals surface area contributed by atoms with Crippen LogP contribution in [0.25, 0.3) is 6.08 Å². The number of unbranched alkanes of at least 4 members (excludes halogenated alkanes) is 1. The van der Waals surface area contributed by atoms with Gasteiger partial charge in [-0.3, -0.25) is 14.5 Å². The molecular weight excluding hydrogens is 440 g/mol. The highest BCUT2D eigenvalue weighted by atomic mass is 32.2. The zero-order valence-corrected chi connectivity index (χ0v) is 19.3. The lowest BCUT2D eigenvalue weighted by Gasteiger charge is -2.17. The minimum Gasteiger partial charge on any atom is -0.493 e. The van der Waals surface area contributed by atoms with Crippen LogP contribution >= 0.6 is 24.0 Å². The normalized spacial score (nSPS) is 15.8. The van der Waals surface area contributed by atoms with Crippen molar-refractivity contribution in [1.82, 2.24) is 10.2 Å². The second-order valence-corrected chi connectivity index (χ2v) is 8.47. The van der Waals surface area contributed by atoms with Crippen LogP contribution in [0.1, 0.15) is 38.2 Å². The van der Waals surface area contributed by atoms with Crippen molar-refractivity contribution in [3.63, 3.8) is 0 Å². The molecule has 0 aliphatic carbocycles. The van der Waals surface area contributed by atoms with Crippen LogP contribution < -0.4 is 14.8 Å². The van der Waals surface area contributed by atoms with Gasteiger partial charge in [0.05, 0.1) is 19.1 Å². The van der Waals surface area contributed by atoms with Crippen molar-refractivity contribution < 1.29 is 29.0 Å². The van der Waals surface area contributed by atoms with E-state index in [1.807, 2.05) is 6.92 Å². The third-order valence-corrected chi connectivity index (χ3v) is 6.00. The van der Waals surface area contributed by atoms with Gasteiger partial charge in [0, 0.05) is 13.0 Å². The van der Waals surface area contributed by atoms with Crippen LogP contribution in [0, 0.1) is 0 Å². The molecule has 1 aromatic carbocycles. The molecule has 0 bridgehead atoms. The van der Waals surface area contributed by atoms with Crippen LogP contribution in [0.3, 0.4) is 0 Å². The highest BCUT2D eigenvalue weighted by Gasteiger charge is 2.32. The van der Waals surface area contributed by atoms with E-state index in [4.69, 9.17) is 21.7 Å². The summed E-state index contributed by atoms with van der Waals surface area (Å²) in [6, 6.07) is 4.36. The number of carbonyl (C=O) groups is 3. The summed E-state index contributed by atoms with van der Waals surface area (Å²) in [5.41, 5.74) is 0.746. The van der Waals surface area contributed by atoms with Gasteiger partial charge in [0.1, 0.15) is 10.4 Å². The minimum absolute atomic E-state index is 0.0357. The van der Waals surface area contributed by atoms with Gasteiger partial charge in [0.2, 0.25) is 5.91 Å². The molecule has 8 nitrogen and oxygen atoms in total. The number of carbonyl (C=O) groups excluding carboxylic acids is 2. The Morgan fingerprint density at radius 2 is 2.00 bits per heavy atom. The SMILES string of the molecule is CCCC[C@H](NC(=O)CCN1C(=O)/C(=C\c2ccc(OC)c(OC)c2)SC1=S)C(=O)O. The predicted molar refractivity (Wildman–Crippen MR) is 123 cm³/mol. The Kier molecular flexibility index (Phi) is 9.32. The molecule has 1 aliphatic heterocycles. The molecule has 1 heterocycles. The fraction of sp³-hybridized carbons (Fsp3) is 0.429. The number of carboxylic acid groups (broad SMARTS) is 1. The number of aliphatic carboxylic acids is 1. The molecule has 1 fully saturated rings. The zero-order chi connectivity index (χ0) is 23.0. The van der Waals surface area contributed by atoms with E-state index in [9.17, 15) is 19.5 Å². The predicted octanol–water partition coefficient (Wildman–Crippen LogP) is 3.05. The summed E-state index contributed by atoms with van der Waals surface area (Å²) >= 11 is 6.45. The smallest absolute Gasteiger partial charge is 0.326 e. The first-order valence-corrected chi connectivity index (χ1v) is 11.0. The second-order valence-electron chi connectivity index (χ2n) is 6.80. The molecule has 31 heavy (non-hydrogen) atoms. The number of rotatable bonds is 11. The van der Waals surface area contributed by atoms with Gasteiger partial charge in [0.25, 0.3) is 5.91 Å². The summed E-state index contributed by atoms with van der Waals surface area (Å²) < 4.78 is 10.8. The molecule has 1 atom stereocenters. The lowest BCUT2D eigenvalue weighted by Crippen LogP contribution is -2.42. The first-order chi connectivity index (χ1) is 14.8. The summed E-state index contributed by atoms with van der Waals surface area (Å²) in [6.07, 6.45) is 3.57. The van der Waals surface area contributed by atoms with Crippen molar-refractivity contribution in [1.29, 1.82) is 0 Å². The Hall–Kier alpha value is -2.59. The topological polar surface area (TPSA) is 105 Å². The molecule has 2 amide bonds. The number of benzene rings is 1. The fourth-order valence-electron chi connectivity index (χ4n) is 2.93. The maximum Gasteiger partial charge on any atom is 0.326 e. The average Bonchev–Trinajstić information content (AvgIpc) is 3.01. The van der Waals surface area contributed by atoms with E-state index >= 15 is 0 Å². The number of hydrogen-bond donors (Lipinski definition) is 2. The van der Waals surface area contributed by atoms with Crippen molar-refractivity contribution in [3.8, 4) is 11.5 Å². The van der Waals surface area contributed by atoms with E-state index < -0.39 is 17.9 Å². The zero-order valence-electron chi connectivity index (χ0n) is 17.7. The van der Waals surface area contributed by atoms with Gasteiger partial charge in [-0.15, -0.1) is 0 Å². The molecule has 1 aliphatic rings. The Bertz CT molecular complexity index is 887. The average molecular weight is 467 g/mol. The monoisotopic (exact) mass is 466 g/mol. The van der Waals surface area contributed by atoms with Crippen molar-refractivity contribution in [2.45, 2.75) is 38.6 Å². The third kappa shape index (κ3) is 6.70. The Labute approximate surface area is 191 Å². The number of ether oxygens (including phenoxy) is 2. The first-order valence-electron chi connectivity index (χ1n) is 9.80. The number of hydrogen-bond acceptors (Lipinski definition) is 7. The van der Waals surface area contributed by atoms with Crippen LogP contribution in [0.2, 0.25) is 0 Å². The minimum atomic E-state index is -1.06. The molecule has 2 rings (SSSR count). The number of amides is 2. The van der Waals surface area contributed by atoms with Crippen molar-refractivity contribution >= 4 is 52.2 Å². The van der Waals surface area contributed by atoms with Gasteiger partial charge in [-0.2, -0.15) is 0 Å². The van der Waals surface area contributed by atoms with Crippen LogP contribution in [-0.2, 0) is 14.4 Å². The second kappa shape index (κ2) is 11.7. The van der Waals surface area contributed by atoms with Gasteiger partial charge >= 0.3 is 5.97 Å². The summed E-state index contributed by atoms with van der Waals surface area (Å²) in [6.45, 7) is 2.03. The number of thioether (sulfide) groups is 1. The molecule has 1 saturated heterocycles. The summed E-state index contributed by atoms with van der Waals surface area (Å²) in [5, 5.41) is 11.7. The van der Waals surface area contributed by atoms with Gasteiger partial charge < -0.3 is 19.9 Å². The van der Waals surface area contributed by atoms with E-state index in [0.29, 0.717) is 33.6 Å². The van der Waals surface area contributed by atoms with Gasteiger partial charge in [-0.05, 0) is 30.2 Å². The van der Waals surface area contributed by atoms with Crippen molar-refractivity contribution in [2.24, 2.45) is 0 Å². The van der Waals surface area contributed by atoms with E-state index in [-0.39, 0.29) is 18.9 Å². The molecule has 0 saturated carbocycles. The van der Waals surface area contributed by atoms with E-state index in [1.54, 1.807) is 31.4 Å². The van der Waals surface area contributed by atoms with E-state index in [1.165, 1.54) is 12.0 Å². The Morgan fingerprint density at radius 1 is 1.29 bits per heavy atom. The van der Waals surface area contributed by atoms with Crippen LogP contribution in [0.15, 0.2) is 23.1 Å². The molecule has 10 heteroatoms. The summed E-state index contributed by atoms with van der Waals surface area (Å²) in [7, 11) is 3.07. The molecule has 0 aromatic heterocycles. The number of methoxy groups -OCH3 is 2. The fourth-order valence-corrected chi connectivity index (χ4v) is 4.24. The number of carboxylic acids is 1. The summed E-state index contributed by atoms with van der Waals surface area (Å²) in [5.74, 6) is -0.665.